The van der Waals surface area contributed by atoms with Gasteiger partial charge in [0.2, 0.25) is 0 Å². The van der Waals surface area contributed by atoms with Crippen molar-refractivity contribution in [2.24, 2.45) is 0 Å². The largest absolute Gasteiger partial charge is 0.416 e. The summed E-state index contributed by atoms with van der Waals surface area (Å²) in [4.78, 5) is 35.6. The van der Waals surface area contributed by atoms with Crippen LogP contribution >= 0.6 is 0 Å². The van der Waals surface area contributed by atoms with Crippen LogP contribution in [0.3, 0.4) is 0 Å². The molecule has 0 saturated carbocycles. The van der Waals surface area contributed by atoms with E-state index in [1.165, 1.54) is 29.9 Å². The highest BCUT2D eigenvalue weighted by atomic mass is 19.4. The molecule has 2 aromatic heterocycles. The summed E-state index contributed by atoms with van der Waals surface area (Å²) in [6, 6.07) is 2.65. The van der Waals surface area contributed by atoms with Crippen molar-refractivity contribution >= 4 is 11.8 Å². The number of pyridine rings is 1. The number of nitrogens with one attached hydrogen (secondary N) is 1. The molecule has 0 aliphatic carbocycles. The van der Waals surface area contributed by atoms with E-state index in [2.05, 4.69) is 20.4 Å². The van der Waals surface area contributed by atoms with Crippen LogP contribution in [-0.4, -0.2) is 61.8 Å². The SMILES string of the molecule is C[C@@H]1CN(C(=O)c2ccc(-n3ncnc3[C@H](C)NC(=O)c3cc(C(F)(F)F)cc(C(F)(F)F)c3)nc2)C[C@@H](C)O1. The number of carbonyl (C=O) groups is 2. The lowest BCUT2D eigenvalue weighted by atomic mass is 10.0. The molecular formula is C25H24F6N6O3. The molecule has 9 nitrogen and oxygen atoms in total. The number of alkyl halides is 6. The monoisotopic (exact) mass is 570 g/mol. The molecule has 0 unspecified atom stereocenters. The van der Waals surface area contributed by atoms with E-state index in [0.717, 1.165) is 6.33 Å². The quantitative estimate of drug-likeness (QED) is 0.456. The van der Waals surface area contributed by atoms with E-state index in [1.807, 2.05) is 13.8 Å². The van der Waals surface area contributed by atoms with E-state index in [4.69, 9.17) is 4.74 Å². The van der Waals surface area contributed by atoms with Gasteiger partial charge in [-0.1, -0.05) is 0 Å². The van der Waals surface area contributed by atoms with Crippen molar-refractivity contribution in [1.82, 2.24) is 30.0 Å². The number of morpholine rings is 1. The number of hydrogen-bond acceptors (Lipinski definition) is 6. The molecule has 3 atom stereocenters. The zero-order chi connectivity index (χ0) is 29.4. The highest BCUT2D eigenvalue weighted by molar-refractivity contribution is 5.95. The van der Waals surface area contributed by atoms with Gasteiger partial charge < -0.3 is 15.0 Å². The fourth-order valence-electron chi connectivity index (χ4n) is 4.32. The summed E-state index contributed by atoms with van der Waals surface area (Å²) in [6.07, 6.45) is -7.95. The van der Waals surface area contributed by atoms with Crippen LogP contribution < -0.4 is 5.32 Å². The molecule has 1 fully saturated rings. The van der Waals surface area contributed by atoms with E-state index in [9.17, 15) is 35.9 Å². The zero-order valence-electron chi connectivity index (χ0n) is 21.4. The lowest BCUT2D eigenvalue weighted by molar-refractivity contribution is -0.143. The Labute approximate surface area is 224 Å². The normalized spacial score (nSPS) is 18.9. The lowest BCUT2D eigenvalue weighted by Crippen LogP contribution is -2.48. The summed E-state index contributed by atoms with van der Waals surface area (Å²) in [5.41, 5.74) is -3.72. The van der Waals surface area contributed by atoms with Crippen LogP contribution in [0.5, 0.6) is 0 Å². The molecule has 1 aliphatic heterocycles. The van der Waals surface area contributed by atoms with Gasteiger partial charge in [-0.25, -0.2) is 9.97 Å². The number of nitrogens with zero attached hydrogens (tertiary/aromatic N) is 5. The van der Waals surface area contributed by atoms with Crippen LogP contribution in [0.4, 0.5) is 26.3 Å². The first-order valence-corrected chi connectivity index (χ1v) is 12.0. The molecule has 40 heavy (non-hydrogen) atoms. The van der Waals surface area contributed by atoms with Gasteiger partial charge in [0.15, 0.2) is 11.6 Å². The van der Waals surface area contributed by atoms with Gasteiger partial charge >= 0.3 is 12.4 Å². The smallest absolute Gasteiger partial charge is 0.372 e. The summed E-state index contributed by atoms with van der Waals surface area (Å²) >= 11 is 0. The van der Waals surface area contributed by atoms with Crippen molar-refractivity contribution in [3.05, 3.63) is 70.9 Å². The number of hydrogen-bond donors (Lipinski definition) is 1. The van der Waals surface area contributed by atoms with Crippen molar-refractivity contribution in [3.8, 4) is 5.82 Å². The molecule has 1 aromatic carbocycles. The van der Waals surface area contributed by atoms with Crippen molar-refractivity contribution < 1.29 is 40.7 Å². The van der Waals surface area contributed by atoms with Crippen LogP contribution in [0.1, 0.15) is 64.5 Å². The van der Waals surface area contributed by atoms with Crippen molar-refractivity contribution in [1.29, 1.82) is 0 Å². The molecule has 214 valence electrons. The molecule has 1 saturated heterocycles. The third-order valence-corrected chi connectivity index (χ3v) is 6.08. The Morgan fingerprint density at radius 1 is 0.950 bits per heavy atom. The molecule has 0 bridgehead atoms. The fraction of sp³-hybridized carbons (Fsp3) is 0.400. The number of halogens is 6. The van der Waals surface area contributed by atoms with Gasteiger partial charge in [0.05, 0.1) is 34.9 Å². The first kappa shape index (κ1) is 29.0. The molecule has 3 aromatic rings. The van der Waals surface area contributed by atoms with Gasteiger partial charge in [0.1, 0.15) is 6.33 Å². The standard InChI is InChI=1S/C25H24F6N6O3/c1-13-10-36(11-14(2)40-13)23(39)16-4-5-20(32-9-16)37-21(33-12-34-37)15(3)35-22(38)17-6-18(24(26,27)28)8-19(7-17)25(29,30)31/h4-9,12-15H,10-11H2,1-3H3,(H,35,38)/t13-,14-,15+/m1/s1. The summed E-state index contributed by atoms with van der Waals surface area (Å²) in [5, 5.41) is 6.40. The Hall–Kier alpha value is -4.01. The zero-order valence-corrected chi connectivity index (χ0v) is 21.4. The summed E-state index contributed by atoms with van der Waals surface area (Å²) in [6.45, 7) is 6.00. The Bertz CT molecular complexity index is 1350. The van der Waals surface area contributed by atoms with Crippen molar-refractivity contribution in [2.45, 2.75) is 51.4 Å². The van der Waals surface area contributed by atoms with Gasteiger partial charge in [-0.15, -0.1) is 0 Å². The lowest BCUT2D eigenvalue weighted by Gasteiger charge is -2.35. The fourth-order valence-corrected chi connectivity index (χ4v) is 4.32. The number of amides is 2. The summed E-state index contributed by atoms with van der Waals surface area (Å²) in [7, 11) is 0. The van der Waals surface area contributed by atoms with Crippen molar-refractivity contribution in [3.63, 3.8) is 0 Å². The summed E-state index contributed by atoms with van der Waals surface area (Å²) < 4.78 is 86.0. The first-order chi connectivity index (χ1) is 18.6. The van der Waals surface area contributed by atoms with Crippen LogP contribution in [0.25, 0.3) is 5.82 Å². The van der Waals surface area contributed by atoms with Gasteiger partial charge in [-0.3, -0.25) is 9.59 Å². The number of benzene rings is 1. The second kappa shape index (κ2) is 10.9. The summed E-state index contributed by atoms with van der Waals surface area (Å²) in [5.74, 6) is -1.10. The molecule has 1 N–H and O–H groups in total. The Morgan fingerprint density at radius 3 is 2.08 bits per heavy atom. The third-order valence-electron chi connectivity index (χ3n) is 6.08. The molecule has 2 amide bonds. The number of carbonyl (C=O) groups excluding carboxylic acids is 2. The first-order valence-electron chi connectivity index (χ1n) is 12.0. The molecule has 1 aliphatic rings. The minimum absolute atomic E-state index is 0.0584. The molecule has 4 rings (SSSR count). The second-order valence-corrected chi connectivity index (χ2v) is 9.39. The van der Waals surface area contributed by atoms with Crippen LogP contribution in [0.2, 0.25) is 0 Å². The predicted octanol–water partition coefficient (Wildman–Crippen LogP) is 4.44. The molecule has 15 heteroatoms. The van der Waals surface area contributed by atoms with E-state index in [-0.39, 0.29) is 35.8 Å². The second-order valence-electron chi connectivity index (χ2n) is 9.39. The molecular weight excluding hydrogens is 546 g/mol. The highest BCUT2D eigenvalue weighted by Gasteiger charge is 2.37. The van der Waals surface area contributed by atoms with Gasteiger partial charge in [0, 0.05) is 24.8 Å². The Morgan fingerprint density at radius 2 is 1.55 bits per heavy atom. The van der Waals surface area contributed by atoms with E-state index in [0.29, 0.717) is 30.8 Å². The van der Waals surface area contributed by atoms with E-state index >= 15 is 0 Å². The maximum absolute atomic E-state index is 13.2. The van der Waals surface area contributed by atoms with Gasteiger partial charge in [-0.05, 0) is 51.1 Å². The highest BCUT2D eigenvalue weighted by Crippen LogP contribution is 2.36. The molecule has 0 radical (unpaired) electrons. The number of rotatable bonds is 5. The minimum Gasteiger partial charge on any atom is -0.372 e. The number of ether oxygens (including phenoxy) is 1. The minimum atomic E-state index is -5.10. The van der Waals surface area contributed by atoms with Crippen molar-refractivity contribution in [2.75, 3.05) is 13.1 Å². The maximum atomic E-state index is 13.2. The Kier molecular flexibility index (Phi) is 7.87. The van der Waals surface area contributed by atoms with Crippen LogP contribution in [0.15, 0.2) is 42.9 Å². The Balaban J connectivity index is 1.53. The average molecular weight is 570 g/mol. The van der Waals surface area contributed by atoms with Crippen LogP contribution in [0, 0.1) is 0 Å². The molecule has 3 heterocycles. The maximum Gasteiger partial charge on any atom is 0.416 e. The predicted molar refractivity (Wildman–Crippen MR) is 127 cm³/mol. The van der Waals surface area contributed by atoms with Crippen LogP contribution in [-0.2, 0) is 17.1 Å². The molecule has 0 spiro atoms. The third kappa shape index (κ3) is 6.41. The van der Waals surface area contributed by atoms with E-state index in [1.54, 1.807) is 4.90 Å². The van der Waals surface area contributed by atoms with Gasteiger partial charge in [0.25, 0.3) is 11.8 Å². The van der Waals surface area contributed by atoms with E-state index < -0.39 is 41.0 Å². The van der Waals surface area contributed by atoms with Gasteiger partial charge in [-0.2, -0.15) is 36.1 Å². The topological polar surface area (TPSA) is 102 Å². The number of aromatic nitrogens is 4. The average Bonchev–Trinajstić information content (AvgIpc) is 3.37.